The van der Waals surface area contributed by atoms with Gasteiger partial charge in [0.25, 0.3) is 0 Å². The average Bonchev–Trinajstić information content (AvgIpc) is 2.05. The van der Waals surface area contributed by atoms with Gasteiger partial charge in [0, 0.05) is 6.42 Å². The molecule has 0 unspecified atom stereocenters. The summed E-state index contributed by atoms with van der Waals surface area (Å²) in [4.78, 5) is 11.5. The number of aromatic nitrogens is 2. The number of hydrogen-bond donors (Lipinski definition) is 1. The second-order valence-corrected chi connectivity index (χ2v) is 4.91. The van der Waals surface area contributed by atoms with Crippen molar-refractivity contribution in [1.82, 2.24) is 10.2 Å². The van der Waals surface area contributed by atoms with E-state index in [-0.39, 0.29) is 11.3 Å². The van der Waals surface area contributed by atoms with Crippen LogP contribution in [-0.4, -0.2) is 16.1 Å². The van der Waals surface area contributed by atoms with Gasteiger partial charge in [-0.05, 0) is 17.5 Å². The van der Waals surface area contributed by atoms with E-state index in [1.54, 1.807) is 12.1 Å². The van der Waals surface area contributed by atoms with Crippen LogP contribution in [0.15, 0.2) is 12.1 Å². The van der Waals surface area contributed by atoms with Crippen molar-refractivity contribution in [3.05, 3.63) is 17.3 Å². The van der Waals surface area contributed by atoms with E-state index < -0.39 is 0 Å². The molecule has 0 bridgehead atoms. The number of carbonyl (C=O) groups excluding carboxylic acids is 1. The van der Waals surface area contributed by atoms with Crippen LogP contribution in [0.5, 0.6) is 0 Å². The van der Waals surface area contributed by atoms with Gasteiger partial charge in [-0.1, -0.05) is 32.4 Å². The Bertz CT molecular complexity index is 343. The largest absolute Gasteiger partial charge is 0.309 e. The lowest BCUT2D eigenvalue weighted by atomic mass is 9.92. The Labute approximate surface area is 94.0 Å². The van der Waals surface area contributed by atoms with Crippen molar-refractivity contribution >= 4 is 23.3 Å². The van der Waals surface area contributed by atoms with Crippen molar-refractivity contribution in [2.45, 2.75) is 27.2 Å². The lowest BCUT2D eigenvalue weighted by Gasteiger charge is -2.16. The quantitative estimate of drug-likeness (QED) is 0.845. The minimum absolute atomic E-state index is 0.0378. The molecule has 0 aliphatic carbocycles. The first-order valence-electron chi connectivity index (χ1n) is 4.66. The molecule has 0 spiro atoms. The number of nitrogens with one attached hydrogen (secondary N) is 1. The van der Waals surface area contributed by atoms with Crippen molar-refractivity contribution in [1.29, 1.82) is 0 Å². The first-order valence-corrected chi connectivity index (χ1v) is 5.04. The zero-order valence-corrected chi connectivity index (χ0v) is 9.80. The van der Waals surface area contributed by atoms with Gasteiger partial charge in [-0.3, -0.25) is 4.79 Å². The summed E-state index contributed by atoms with van der Waals surface area (Å²) in [5.74, 6) is 0.354. The highest BCUT2D eigenvalue weighted by Crippen LogP contribution is 2.19. The van der Waals surface area contributed by atoms with Gasteiger partial charge >= 0.3 is 0 Å². The van der Waals surface area contributed by atoms with Gasteiger partial charge in [0.05, 0.1) is 0 Å². The highest BCUT2D eigenvalue weighted by molar-refractivity contribution is 6.29. The van der Waals surface area contributed by atoms with Crippen LogP contribution < -0.4 is 5.32 Å². The van der Waals surface area contributed by atoms with Crippen molar-refractivity contribution in [3.8, 4) is 0 Å². The summed E-state index contributed by atoms with van der Waals surface area (Å²) < 4.78 is 0. The van der Waals surface area contributed by atoms with Crippen LogP contribution in [0.3, 0.4) is 0 Å². The molecule has 1 amide bonds. The van der Waals surface area contributed by atoms with E-state index in [0.29, 0.717) is 17.4 Å². The maximum Gasteiger partial charge on any atom is 0.226 e. The van der Waals surface area contributed by atoms with Crippen LogP contribution in [0.25, 0.3) is 0 Å². The molecule has 1 aromatic heterocycles. The molecule has 0 fully saturated rings. The third-order valence-electron chi connectivity index (χ3n) is 1.59. The number of rotatable bonds is 2. The Morgan fingerprint density at radius 2 is 2.07 bits per heavy atom. The fraction of sp³-hybridized carbons (Fsp3) is 0.500. The van der Waals surface area contributed by atoms with Crippen LogP contribution in [-0.2, 0) is 4.79 Å². The van der Waals surface area contributed by atoms with Crippen molar-refractivity contribution in [3.63, 3.8) is 0 Å². The maximum atomic E-state index is 11.5. The molecule has 0 saturated carbocycles. The predicted molar refractivity (Wildman–Crippen MR) is 59.7 cm³/mol. The minimum atomic E-state index is -0.0703. The predicted octanol–water partition coefficient (Wildman–Crippen LogP) is 2.50. The van der Waals surface area contributed by atoms with Gasteiger partial charge in [0.2, 0.25) is 5.91 Å². The van der Waals surface area contributed by atoms with E-state index in [1.165, 1.54) is 0 Å². The van der Waals surface area contributed by atoms with Gasteiger partial charge in [0.15, 0.2) is 11.0 Å². The molecule has 5 heteroatoms. The van der Waals surface area contributed by atoms with Crippen LogP contribution in [0.1, 0.15) is 27.2 Å². The van der Waals surface area contributed by atoms with Crippen molar-refractivity contribution in [2.24, 2.45) is 5.41 Å². The van der Waals surface area contributed by atoms with Crippen LogP contribution in [0.2, 0.25) is 5.15 Å². The summed E-state index contributed by atoms with van der Waals surface area (Å²) in [5, 5.41) is 10.3. The van der Waals surface area contributed by atoms with E-state index in [0.717, 1.165) is 0 Å². The summed E-state index contributed by atoms with van der Waals surface area (Å²) in [7, 11) is 0. The molecule has 0 atom stereocenters. The second-order valence-electron chi connectivity index (χ2n) is 4.53. The summed E-state index contributed by atoms with van der Waals surface area (Å²) in [5.41, 5.74) is -0.0378. The number of carbonyl (C=O) groups is 1. The minimum Gasteiger partial charge on any atom is -0.309 e. The van der Waals surface area contributed by atoms with Gasteiger partial charge in [0.1, 0.15) is 0 Å². The van der Waals surface area contributed by atoms with E-state index >= 15 is 0 Å². The Morgan fingerprint density at radius 3 is 2.53 bits per heavy atom. The zero-order chi connectivity index (χ0) is 11.5. The van der Waals surface area contributed by atoms with Crippen LogP contribution in [0, 0.1) is 5.41 Å². The molecule has 1 rings (SSSR count). The monoisotopic (exact) mass is 227 g/mol. The fourth-order valence-corrected chi connectivity index (χ4v) is 1.15. The van der Waals surface area contributed by atoms with Crippen molar-refractivity contribution in [2.75, 3.05) is 5.32 Å². The highest BCUT2D eigenvalue weighted by atomic mass is 35.5. The molecule has 15 heavy (non-hydrogen) atoms. The fourth-order valence-electron chi connectivity index (χ4n) is 1.05. The lowest BCUT2D eigenvalue weighted by molar-refractivity contribution is -0.117. The summed E-state index contributed by atoms with van der Waals surface area (Å²) in [6.07, 6.45) is 0.442. The molecule has 1 heterocycles. The molecule has 0 saturated heterocycles. The first-order chi connectivity index (χ1) is 6.87. The SMILES string of the molecule is CC(C)(C)CC(=O)Nc1ccc(Cl)nn1. The van der Waals surface area contributed by atoms with E-state index in [1.807, 2.05) is 20.8 Å². The molecule has 0 aromatic carbocycles. The molecule has 0 aliphatic rings. The molecule has 4 nitrogen and oxygen atoms in total. The molecule has 82 valence electrons. The second kappa shape index (κ2) is 4.57. The van der Waals surface area contributed by atoms with Crippen LogP contribution >= 0.6 is 11.6 Å². The molecular formula is C10H14ClN3O. The van der Waals surface area contributed by atoms with E-state index in [9.17, 15) is 4.79 Å². The first kappa shape index (κ1) is 11.9. The number of anilines is 1. The topological polar surface area (TPSA) is 54.9 Å². The van der Waals surface area contributed by atoms with Gasteiger partial charge in [-0.2, -0.15) is 0 Å². The van der Waals surface area contributed by atoms with E-state index in [4.69, 9.17) is 11.6 Å². The third-order valence-corrected chi connectivity index (χ3v) is 1.79. The normalized spacial score (nSPS) is 11.2. The Balaban J connectivity index is 2.55. The summed E-state index contributed by atoms with van der Waals surface area (Å²) >= 11 is 5.57. The Hall–Kier alpha value is -1.16. The molecule has 0 aliphatic heterocycles. The van der Waals surface area contributed by atoms with E-state index in [2.05, 4.69) is 15.5 Å². The molecule has 0 radical (unpaired) electrons. The Morgan fingerprint density at radius 1 is 1.40 bits per heavy atom. The standard InChI is InChI=1S/C10H14ClN3O/c1-10(2,3)6-9(15)12-8-5-4-7(11)13-14-8/h4-5H,6H2,1-3H3,(H,12,14,15). The lowest BCUT2D eigenvalue weighted by Crippen LogP contribution is -2.20. The molecule has 1 aromatic rings. The zero-order valence-electron chi connectivity index (χ0n) is 9.04. The molecule has 1 N–H and O–H groups in total. The number of halogens is 1. The van der Waals surface area contributed by atoms with Crippen molar-refractivity contribution < 1.29 is 4.79 Å². The number of nitrogens with zero attached hydrogens (tertiary/aromatic N) is 2. The smallest absolute Gasteiger partial charge is 0.226 e. The summed E-state index contributed by atoms with van der Waals surface area (Å²) in [6, 6.07) is 3.21. The van der Waals surface area contributed by atoms with Crippen LogP contribution in [0.4, 0.5) is 5.82 Å². The third kappa shape index (κ3) is 4.74. The Kier molecular flexibility index (Phi) is 3.63. The van der Waals surface area contributed by atoms with Gasteiger partial charge < -0.3 is 5.32 Å². The number of amides is 1. The van der Waals surface area contributed by atoms with Gasteiger partial charge in [-0.25, -0.2) is 0 Å². The average molecular weight is 228 g/mol. The molecular weight excluding hydrogens is 214 g/mol. The number of hydrogen-bond acceptors (Lipinski definition) is 3. The van der Waals surface area contributed by atoms with Gasteiger partial charge in [-0.15, -0.1) is 10.2 Å². The highest BCUT2D eigenvalue weighted by Gasteiger charge is 2.16. The summed E-state index contributed by atoms with van der Waals surface area (Å²) in [6.45, 7) is 6.00. The maximum absolute atomic E-state index is 11.5.